The van der Waals surface area contributed by atoms with Crippen LogP contribution < -0.4 is 10.0 Å². The van der Waals surface area contributed by atoms with Crippen LogP contribution >= 0.6 is 11.8 Å². The van der Waals surface area contributed by atoms with Crippen molar-refractivity contribution in [1.29, 1.82) is 0 Å². The van der Waals surface area contributed by atoms with Gasteiger partial charge in [-0.25, -0.2) is 13.1 Å². The number of sulfonamides is 1. The van der Waals surface area contributed by atoms with E-state index < -0.39 is 10.0 Å². The van der Waals surface area contributed by atoms with Crippen LogP contribution in [0.4, 0.5) is 5.69 Å². The summed E-state index contributed by atoms with van der Waals surface area (Å²) in [6, 6.07) is 17.8. The number of nitrogens with zero attached hydrogens (tertiary/aromatic N) is 1. The van der Waals surface area contributed by atoms with Crippen molar-refractivity contribution in [3.8, 4) is 0 Å². The molecule has 1 fully saturated rings. The maximum Gasteiger partial charge on any atom is 0.238 e. The number of likely N-dealkylation sites (tertiary alicyclic amines) is 1. The quantitative estimate of drug-likeness (QED) is 0.722. The van der Waals surface area contributed by atoms with Gasteiger partial charge in [0.25, 0.3) is 0 Å². The van der Waals surface area contributed by atoms with E-state index >= 15 is 0 Å². The Labute approximate surface area is 170 Å². The molecule has 1 aliphatic rings. The van der Waals surface area contributed by atoms with Crippen LogP contribution in [-0.2, 0) is 14.8 Å². The molecule has 0 unspecified atom stereocenters. The SMILES string of the molecule is CS(=O)(=O)NC1CCN(CC(=O)Nc2ccccc2Sc2ccccc2)CC1. The predicted octanol–water partition coefficient (Wildman–Crippen LogP) is 2.79. The smallest absolute Gasteiger partial charge is 0.238 e. The second kappa shape index (κ2) is 9.56. The Morgan fingerprint density at radius 1 is 1.07 bits per heavy atom. The fraction of sp³-hybridized carbons (Fsp3) is 0.350. The van der Waals surface area contributed by atoms with Gasteiger partial charge in [-0.15, -0.1) is 0 Å². The lowest BCUT2D eigenvalue weighted by Crippen LogP contribution is -2.46. The van der Waals surface area contributed by atoms with Crippen molar-refractivity contribution in [1.82, 2.24) is 9.62 Å². The predicted molar refractivity (Wildman–Crippen MR) is 113 cm³/mol. The van der Waals surface area contributed by atoms with E-state index in [1.807, 2.05) is 54.6 Å². The van der Waals surface area contributed by atoms with Crippen LogP contribution in [0.1, 0.15) is 12.8 Å². The average molecular weight is 420 g/mol. The Morgan fingerprint density at radius 3 is 2.39 bits per heavy atom. The van der Waals surface area contributed by atoms with Crippen LogP contribution in [0, 0.1) is 0 Å². The highest BCUT2D eigenvalue weighted by Crippen LogP contribution is 2.33. The summed E-state index contributed by atoms with van der Waals surface area (Å²) in [5.41, 5.74) is 0.801. The molecule has 0 aromatic heterocycles. The van der Waals surface area contributed by atoms with E-state index in [-0.39, 0.29) is 11.9 Å². The maximum atomic E-state index is 12.5. The highest BCUT2D eigenvalue weighted by molar-refractivity contribution is 7.99. The number of piperidine rings is 1. The van der Waals surface area contributed by atoms with Gasteiger partial charge in [0.05, 0.1) is 18.5 Å². The highest BCUT2D eigenvalue weighted by atomic mass is 32.2. The van der Waals surface area contributed by atoms with E-state index in [9.17, 15) is 13.2 Å². The maximum absolute atomic E-state index is 12.5. The Hall–Kier alpha value is -1.87. The van der Waals surface area contributed by atoms with Crippen molar-refractivity contribution < 1.29 is 13.2 Å². The zero-order valence-electron chi connectivity index (χ0n) is 15.8. The van der Waals surface area contributed by atoms with Gasteiger partial charge in [0.1, 0.15) is 0 Å². The summed E-state index contributed by atoms with van der Waals surface area (Å²) in [4.78, 5) is 16.7. The number of carbonyl (C=O) groups excluding carboxylic acids is 1. The van der Waals surface area contributed by atoms with Crippen LogP contribution in [0.15, 0.2) is 64.4 Å². The van der Waals surface area contributed by atoms with Crippen LogP contribution in [0.25, 0.3) is 0 Å². The molecule has 28 heavy (non-hydrogen) atoms. The fourth-order valence-corrected chi connectivity index (χ4v) is 4.94. The zero-order chi connectivity index (χ0) is 20.0. The van der Waals surface area contributed by atoms with Gasteiger partial charge in [-0.2, -0.15) is 0 Å². The minimum atomic E-state index is -3.19. The van der Waals surface area contributed by atoms with Crippen molar-refractivity contribution in [2.24, 2.45) is 0 Å². The zero-order valence-corrected chi connectivity index (χ0v) is 17.4. The molecule has 1 heterocycles. The van der Waals surface area contributed by atoms with Crippen molar-refractivity contribution in [3.63, 3.8) is 0 Å². The Balaban J connectivity index is 1.53. The summed E-state index contributed by atoms with van der Waals surface area (Å²) in [5, 5.41) is 3.01. The molecular formula is C20H25N3O3S2. The lowest BCUT2D eigenvalue weighted by Gasteiger charge is -2.31. The van der Waals surface area contributed by atoms with Crippen molar-refractivity contribution >= 4 is 33.4 Å². The number of carbonyl (C=O) groups is 1. The third kappa shape index (κ3) is 6.63. The summed E-state index contributed by atoms with van der Waals surface area (Å²) in [6.07, 6.45) is 2.60. The third-order valence-corrected chi connectivity index (χ3v) is 6.31. The molecule has 0 atom stereocenters. The van der Waals surface area contributed by atoms with Crippen molar-refractivity contribution in [3.05, 3.63) is 54.6 Å². The molecule has 150 valence electrons. The lowest BCUT2D eigenvalue weighted by molar-refractivity contribution is -0.117. The number of para-hydroxylation sites is 1. The standard InChI is InChI=1S/C20H25N3O3S2/c1-28(25,26)22-16-11-13-23(14-12-16)15-20(24)21-18-9-5-6-10-19(18)27-17-7-3-2-4-8-17/h2-10,16,22H,11-15H2,1H3,(H,21,24). The number of hydrogen-bond donors (Lipinski definition) is 2. The molecule has 0 bridgehead atoms. The summed E-state index contributed by atoms with van der Waals surface area (Å²) >= 11 is 1.61. The molecule has 1 saturated heterocycles. The van der Waals surface area contributed by atoms with Gasteiger partial charge in [0, 0.05) is 28.9 Å². The molecule has 6 nitrogen and oxygen atoms in total. The van der Waals surface area contributed by atoms with Crippen LogP contribution in [0.5, 0.6) is 0 Å². The molecule has 0 aliphatic carbocycles. The van der Waals surface area contributed by atoms with E-state index in [0.29, 0.717) is 32.5 Å². The topological polar surface area (TPSA) is 78.5 Å². The van der Waals surface area contributed by atoms with E-state index in [1.54, 1.807) is 11.8 Å². The first-order chi connectivity index (χ1) is 13.4. The van der Waals surface area contributed by atoms with Crippen LogP contribution in [-0.4, -0.2) is 51.2 Å². The molecular weight excluding hydrogens is 394 g/mol. The molecule has 1 amide bonds. The van der Waals surface area contributed by atoms with E-state index in [0.717, 1.165) is 15.5 Å². The van der Waals surface area contributed by atoms with Gasteiger partial charge >= 0.3 is 0 Å². The molecule has 0 saturated carbocycles. The lowest BCUT2D eigenvalue weighted by atomic mass is 10.1. The number of rotatable bonds is 7. The van der Waals surface area contributed by atoms with Crippen molar-refractivity contribution in [2.75, 3.05) is 31.2 Å². The molecule has 2 aromatic rings. The second-order valence-corrected chi connectivity index (χ2v) is 9.80. The van der Waals surface area contributed by atoms with Gasteiger partial charge in [-0.05, 0) is 37.1 Å². The van der Waals surface area contributed by atoms with E-state index in [4.69, 9.17) is 0 Å². The average Bonchev–Trinajstić information content (AvgIpc) is 2.65. The first-order valence-electron chi connectivity index (χ1n) is 9.20. The first kappa shape index (κ1) is 20.9. The minimum Gasteiger partial charge on any atom is -0.324 e. The molecule has 3 rings (SSSR count). The number of benzene rings is 2. The second-order valence-electron chi connectivity index (χ2n) is 6.90. The van der Waals surface area contributed by atoms with E-state index in [2.05, 4.69) is 14.9 Å². The molecule has 1 aliphatic heterocycles. The summed E-state index contributed by atoms with van der Waals surface area (Å²) in [6.45, 7) is 1.69. The number of anilines is 1. The van der Waals surface area contributed by atoms with Gasteiger partial charge in [0.15, 0.2) is 0 Å². The minimum absolute atomic E-state index is 0.0442. The number of hydrogen-bond acceptors (Lipinski definition) is 5. The molecule has 0 radical (unpaired) electrons. The highest BCUT2D eigenvalue weighted by Gasteiger charge is 2.23. The number of nitrogens with one attached hydrogen (secondary N) is 2. The Bertz CT molecular complexity index is 896. The molecule has 0 spiro atoms. The molecule has 2 N–H and O–H groups in total. The van der Waals surface area contributed by atoms with Gasteiger partial charge in [-0.3, -0.25) is 9.69 Å². The fourth-order valence-electron chi connectivity index (χ4n) is 3.18. The van der Waals surface area contributed by atoms with Gasteiger partial charge < -0.3 is 5.32 Å². The van der Waals surface area contributed by atoms with Crippen molar-refractivity contribution in [2.45, 2.75) is 28.7 Å². The number of amides is 1. The molecule has 8 heteroatoms. The first-order valence-corrected chi connectivity index (χ1v) is 11.9. The summed E-state index contributed by atoms with van der Waals surface area (Å²) in [7, 11) is -3.19. The van der Waals surface area contributed by atoms with Crippen LogP contribution in [0.3, 0.4) is 0 Å². The van der Waals surface area contributed by atoms with Crippen LogP contribution in [0.2, 0.25) is 0 Å². The molecule has 2 aromatic carbocycles. The Kier molecular flexibility index (Phi) is 7.12. The van der Waals surface area contributed by atoms with Gasteiger partial charge in [-0.1, -0.05) is 42.1 Å². The largest absolute Gasteiger partial charge is 0.324 e. The Morgan fingerprint density at radius 2 is 1.71 bits per heavy atom. The monoisotopic (exact) mass is 419 g/mol. The summed E-state index contributed by atoms with van der Waals surface area (Å²) < 4.78 is 25.3. The third-order valence-electron chi connectivity index (χ3n) is 4.47. The van der Waals surface area contributed by atoms with E-state index in [1.165, 1.54) is 6.26 Å². The normalized spacial score (nSPS) is 16.0. The van der Waals surface area contributed by atoms with Gasteiger partial charge in [0.2, 0.25) is 15.9 Å². The summed E-state index contributed by atoms with van der Waals surface area (Å²) in [5.74, 6) is -0.0596.